The van der Waals surface area contributed by atoms with E-state index in [1.54, 1.807) is 0 Å². The first-order valence-corrected chi connectivity index (χ1v) is 37.1. The van der Waals surface area contributed by atoms with Crippen molar-refractivity contribution in [2.45, 2.75) is 412 Å². The van der Waals surface area contributed by atoms with Crippen molar-refractivity contribution in [3.05, 3.63) is 48.6 Å². The van der Waals surface area contributed by atoms with Gasteiger partial charge in [-0.05, 0) is 83.5 Å². The van der Waals surface area contributed by atoms with E-state index in [0.29, 0.717) is 19.3 Å². The lowest BCUT2D eigenvalue weighted by atomic mass is 10.0. The molecular formula is C77H142O6. The van der Waals surface area contributed by atoms with E-state index in [1.807, 2.05) is 0 Å². The summed E-state index contributed by atoms with van der Waals surface area (Å²) < 4.78 is 17.0. The second kappa shape index (κ2) is 71.8. The van der Waals surface area contributed by atoms with Gasteiger partial charge in [0.25, 0.3) is 0 Å². The van der Waals surface area contributed by atoms with Gasteiger partial charge in [0.1, 0.15) is 13.2 Å². The van der Waals surface area contributed by atoms with Gasteiger partial charge in [0, 0.05) is 19.3 Å². The molecule has 0 fully saturated rings. The summed E-state index contributed by atoms with van der Waals surface area (Å²) in [4.78, 5) is 38.5. The molecule has 0 amide bonds. The molecule has 0 aromatic heterocycles. The van der Waals surface area contributed by atoms with Crippen LogP contribution in [0.15, 0.2) is 48.6 Å². The summed E-state index contributed by atoms with van der Waals surface area (Å²) in [6.07, 6.45) is 91.5. The molecule has 0 heterocycles. The molecule has 0 aromatic carbocycles. The van der Waals surface area contributed by atoms with Crippen LogP contribution >= 0.6 is 0 Å². The van der Waals surface area contributed by atoms with E-state index >= 15 is 0 Å². The summed E-state index contributed by atoms with van der Waals surface area (Å²) in [7, 11) is 0. The van der Waals surface area contributed by atoms with Crippen molar-refractivity contribution in [1.82, 2.24) is 0 Å². The second-order valence-electron chi connectivity index (χ2n) is 25.2. The van der Waals surface area contributed by atoms with E-state index in [4.69, 9.17) is 14.2 Å². The molecule has 486 valence electrons. The van der Waals surface area contributed by atoms with E-state index in [9.17, 15) is 14.4 Å². The van der Waals surface area contributed by atoms with Crippen LogP contribution in [0.1, 0.15) is 406 Å². The van der Waals surface area contributed by atoms with E-state index < -0.39 is 6.10 Å². The van der Waals surface area contributed by atoms with E-state index in [2.05, 4.69) is 69.4 Å². The average molecular weight is 1160 g/mol. The Labute approximate surface area is 518 Å². The Balaban J connectivity index is 4.25. The Hall–Kier alpha value is -2.63. The molecule has 1 atom stereocenters. The number of allylic oxidation sites excluding steroid dienone is 8. The van der Waals surface area contributed by atoms with Gasteiger partial charge in [0.05, 0.1) is 0 Å². The van der Waals surface area contributed by atoms with Crippen LogP contribution in [0.25, 0.3) is 0 Å². The quantitative estimate of drug-likeness (QED) is 0.0261. The highest BCUT2D eigenvalue weighted by Gasteiger charge is 2.19. The molecule has 0 N–H and O–H groups in total. The lowest BCUT2D eigenvalue weighted by molar-refractivity contribution is -0.167. The Bertz CT molecular complexity index is 1430. The number of hydrogen-bond acceptors (Lipinski definition) is 6. The lowest BCUT2D eigenvalue weighted by Gasteiger charge is -2.18. The molecule has 0 radical (unpaired) electrons. The molecule has 0 spiro atoms. The molecule has 83 heavy (non-hydrogen) atoms. The van der Waals surface area contributed by atoms with Gasteiger partial charge in [-0.15, -0.1) is 0 Å². The molecule has 0 aliphatic carbocycles. The van der Waals surface area contributed by atoms with Crippen molar-refractivity contribution in [1.29, 1.82) is 0 Å². The molecular weight excluding hydrogens is 1020 g/mol. The third kappa shape index (κ3) is 70.0. The van der Waals surface area contributed by atoms with Crippen molar-refractivity contribution in [2.24, 2.45) is 0 Å². The fraction of sp³-hybridized carbons (Fsp3) is 0.857. The Morgan fingerprint density at radius 2 is 0.434 bits per heavy atom. The number of carbonyl (C=O) groups is 3. The molecule has 0 rings (SSSR count). The highest BCUT2D eigenvalue weighted by molar-refractivity contribution is 5.71. The number of esters is 3. The van der Waals surface area contributed by atoms with E-state index in [-0.39, 0.29) is 31.1 Å². The van der Waals surface area contributed by atoms with Crippen LogP contribution < -0.4 is 0 Å². The largest absolute Gasteiger partial charge is 0.462 e. The van der Waals surface area contributed by atoms with Gasteiger partial charge in [0.2, 0.25) is 0 Å². The summed E-state index contributed by atoms with van der Waals surface area (Å²) in [5.41, 5.74) is 0. The van der Waals surface area contributed by atoms with E-state index in [0.717, 1.165) is 77.0 Å². The third-order valence-electron chi connectivity index (χ3n) is 16.8. The molecule has 6 heteroatoms. The summed E-state index contributed by atoms with van der Waals surface area (Å²) in [6, 6.07) is 0. The van der Waals surface area contributed by atoms with Crippen molar-refractivity contribution >= 4 is 17.9 Å². The average Bonchev–Trinajstić information content (AvgIpc) is 3.50. The standard InChI is InChI=1S/C77H142O6/c1-4-7-10-13-16-19-22-25-28-31-34-35-36-37-38-39-40-41-42-43-44-47-49-52-55-58-61-64-67-70-76(79)82-73-74(83-77(80)71-68-65-62-59-56-53-50-46-33-30-27-24-21-18-15-12-9-6-3)72-81-75(78)69-66-63-60-57-54-51-48-45-32-29-26-23-20-17-14-11-8-5-2/h21-22,24-25,30-31,33-34,74H,4-20,23,26-29,32,35-73H2,1-3H3/b24-21-,25-22-,33-30-,34-31-. The van der Waals surface area contributed by atoms with Crippen molar-refractivity contribution in [3.63, 3.8) is 0 Å². The Morgan fingerprint density at radius 3 is 0.675 bits per heavy atom. The maximum Gasteiger partial charge on any atom is 0.306 e. The fourth-order valence-corrected chi connectivity index (χ4v) is 11.2. The highest BCUT2D eigenvalue weighted by Crippen LogP contribution is 2.19. The number of unbranched alkanes of at least 4 members (excludes halogenated alkanes) is 50. The summed E-state index contributed by atoms with van der Waals surface area (Å²) in [5, 5.41) is 0. The zero-order valence-electron chi connectivity index (χ0n) is 56.0. The number of hydrogen-bond donors (Lipinski definition) is 0. The molecule has 0 saturated carbocycles. The van der Waals surface area contributed by atoms with Gasteiger partial charge in [-0.2, -0.15) is 0 Å². The van der Waals surface area contributed by atoms with Crippen molar-refractivity contribution in [3.8, 4) is 0 Å². The first-order chi connectivity index (χ1) is 41.0. The Kier molecular flexibility index (Phi) is 69.6. The van der Waals surface area contributed by atoms with E-state index in [1.165, 1.54) is 289 Å². The molecule has 0 aromatic rings. The first kappa shape index (κ1) is 80.4. The van der Waals surface area contributed by atoms with Crippen LogP contribution in [0.2, 0.25) is 0 Å². The molecule has 1 unspecified atom stereocenters. The van der Waals surface area contributed by atoms with Crippen LogP contribution in [0.5, 0.6) is 0 Å². The molecule has 0 saturated heterocycles. The summed E-state index contributed by atoms with van der Waals surface area (Å²) >= 11 is 0. The van der Waals surface area contributed by atoms with Crippen molar-refractivity contribution < 1.29 is 28.6 Å². The number of rotatable bonds is 69. The SMILES string of the molecule is CCCCCC/C=C\C/C=C\CCCCCCCCCC(=O)OC(COC(=O)CCCCCCCCCCCCCCCCCCCC)COC(=O)CCCCCCCCCCCCCCCCCCC/C=C\C/C=C\CCCCCCC. The smallest absolute Gasteiger partial charge is 0.306 e. The zero-order chi connectivity index (χ0) is 59.9. The van der Waals surface area contributed by atoms with Crippen LogP contribution in [0.3, 0.4) is 0 Å². The van der Waals surface area contributed by atoms with Crippen LogP contribution in [0.4, 0.5) is 0 Å². The predicted octanol–water partition coefficient (Wildman–Crippen LogP) is 25.7. The number of ether oxygens (including phenoxy) is 3. The second-order valence-corrected chi connectivity index (χ2v) is 25.2. The van der Waals surface area contributed by atoms with Gasteiger partial charge in [-0.25, -0.2) is 0 Å². The predicted molar refractivity (Wildman–Crippen MR) is 362 cm³/mol. The third-order valence-corrected chi connectivity index (χ3v) is 16.8. The fourth-order valence-electron chi connectivity index (χ4n) is 11.2. The zero-order valence-corrected chi connectivity index (χ0v) is 56.0. The summed E-state index contributed by atoms with van der Waals surface area (Å²) in [6.45, 7) is 6.69. The topological polar surface area (TPSA) is 78.9 Å². The molecule has 0 bridgehead atoms. The van der Waals surface area contributed by atoms with Gasteiger partial charge in [0.15, 0.2) is 6.10 Å². The maximum atomic E-state index is 13.0. The maximum absolute atomic E-state index is 13.0. The minimum absolute atomic E-state index is 0.0707. The normalized spacial score (nSPS) is 12.3. The van der Waals surface area contributed by atoms with Crippen LogP contribution in [0, 0.1) is 0 Å². The van der Waals surface area contributed by atoms with Crippen LogP contribution in [-0.2, 0) is 28.6 Å². The number of carbonyl (C=O) groups excluding carboxylic acids is 3. The lowest BCUT2D eigenvalue weighted by Crippen LogP contribution is -2.30. The van der Waals surface area contributed by atoms with Gasteiger partial charge < -0.3 is 14.2 Å². The van der Waals surface area contributed by atoms with Crippen LogP contribution in [-0.4, -0.2) is 37.2 Å². The highest BCUT2D eigenvalue weighted by atomic mass is 16.6. The summed E-state index contributed by atoms with van der Waals surface area (Å²) in [5.74, 6) is -0.848. The molecule has 6 nitrogen and oxygen atoms in total. The van der Waals surface area contributed by atoms with Gasteiger partial charge in [-0.1, -0.05) is 352 Å². The molecule has 0 aliphatic heterocycles. The molecule has 0 aliphatic rings. The van der Waals surface area contributed by atoms with Crippen molar-refractivity contribution in [2.75, 3.05) is 13.2 Å². The minimum Gasteiger partial charge on any atom is -0.462 e. The van der Waals surface area contributed by atoms with Gasteiger partial charge in [-0.3, -0.25) is 14.4 Å². The first-order valence-electron chi connectivity index (χ1n) is 37.1. The monoisotopic (exact) mass is 1160 g/mol. The van der Waals surface area contributed by atoms with Gasteiger partial charge >= 0.3 is 17.9 Å². The minimum atomic E-state index is -0.776. The Morgan fingerprint density at radius 1 is 0.241 bits per heavy atom.